The van der Waals surface area contributed by atoms with Crippen molar-refractivity contribution in [1.82, 2.24) is 0 Å². The number of hydrogen-bond acceptors (Lipinski definition) is 0. The third-order valence-electron chi connectivity index (χ3n) is 12.8. The molecule has 2 aliphatic rings. The van der Waals surface area contributed by atoms with Crippen LogP contribution in [-0.2, 0) is 10.8 Å². The van der Waals surface area contributed by atoms with Crippen LogP contribution >= 0.6 is 0 Å². The van der Waals surface area contributed by atoms with Gasteiger partial charge in [-0.2, -0.15) is 0 Å². The molecule has 54 heavy (non-hydrogen) atoms. The van der Waals surface area contributed by atoms with E-state index in [2.05, 4.69) is 198 Å². The Morgan fingerprint density at radius 3 is 1.57 bits per heavy atom. The molecule has 0 aliphatic heterocycles. The summed E-state index contributed by atoms with van der Waals surface area (Å²) >= 11 is 0. The molecule has 0 N–H and O–H groups in total. The summed E-state index contributed by atoms with van der Waals surface area (Å²) in [7, 11) is 0. The molecule has 11 rings (SSSR count). The van der Waals surface area contributed by atoms with Crippen LogP contribution in [0.5, 0.6) is 0 Å². The molecule has 2 aliphatic carbocycles. The van der Waals surface area contributed by atoms with Crippen LogP contribution in [0.25, 0.3) is 88.0 Å². The number of fused-ring (bicyclic) bond motifs is 10. The lowest BCUT2D eigenvalue weighted by Gasteiger charge is -2.26. The average molecular weight is 689 g/mol. The minimum absolute atomic E-state index is 0.0145. The van der Waals surface area contributed by atoms with Crippen molar-refractivity contribution in [2.45, 2.75) is 38.5 Å². The maximum Gasteiger partial charge on any atom is 0.0165 e. The fourth-order valence-electron chi connectivity index (χ4n) is 10.2. The Kier molecular flexibility index (Phi) is 6.46. The highest BCUT2D eigenvalue weighted by molar-refractivity contribution is 6.21. The van der Waals surface area contributed by atoms with Crippen LogP contribution in [-0.4, -0.2) is 0 Å². The molecular weight excluding hydrogens is 649 g/mol. The molecule has 0 saturated carbocycles. The molecule has 0 heteroatoms. The smallest absolute Gasteiger partial charge is 0.0165 e. The number of benzene rings is 9. The summed E-state index contributed by atoms with van der Waals surface area (Å²) in [6.45, 7) is 9.63. The summed E-state index contributed by atoms with van der Waals surface area (Å²) in [6.07, 6.45) is 0. The molecule has 0 atom stereocenters. The van der Waals surface area contributed by atoms with Gasteiger partial charge in [-0.05, 0) is 128 Å². The van der Waals surface area contributed by atoms with Crippen molar-refractivity contribution in [3.05, 3.63) is 192 Å². The summed E-state index contributed by atoms with van der Waals surface area (Å²) < 4.78 is 0. The second-order valence-electron chi connectivity index (χ2n) is 16.5. The first-order valence-corrected chi connectivity index (χ1v) is 19.3. The SMILES string of the molecule is CC1(C)c2ccccc2-c2c1ccc1c2C(C)(C)c2cc(-c3cccc(-c4c5ccccc5c(-c5ccc6ccccc6c5)c5ccccc45)c3)ccc2-1. The Hall–Kier alpha value is -6.24. The first kappa shape index (κ1) is 31.3. The average Bonchev–Trinajstić information content (AvgIpc) is 3.58. The monoisotopic (exact) mass is 688 g/mol. The first-order chi connectivity index (χ1) is 26.3. The van der Waals surface area contributed by atoms with E-state index in [0.717, 1.165) is 0 Å². The van der Waals surface area contributed by atoms with Crippen LogP contribution < -0.4 is 0 Å². The van der Waals surface area contributed by atoms with E-state index in [1.54, 1.807) is 0 Å². The van der Waals surface area contributed by atoms with Crippen LogP contribution in [0.3, 0.4) is 0 Å². The van der Waals surface area contributed by atoms with Crippen molar-refractivity contribution in [2.75, 3.05) is 0 Å². The Balaban J connectivity index is 1.07. The van der Waals surface area contributed by atoms with Gasteiger partial charge < -0.3 is 0 Å². The van der Waals surface area contributed by atoms with Crippen molar-refractivity contribution >= 4 is 32.3 Å². The largest absolute Gasteiger partial charge is 0.0619 e. The molecule has 0 nitrogen and oxygen atoms in total. The molecule has 256 valence electrons. The molecule has 0 saturated heterocycles. The maximum atomic E-state index is 2.48. The highest BCUT2D eigenvalue weighted by Crippen LogP contribution is 2.59. The van der Waals surface area contributed by atoms with Gasteiger partial charge in [0, 0.05) is 10.8 Å². The molecule has 9 aromatic rings. The Morgan fingerprint density at radius 2 is 0.852 bits per heavy atom. The van der Waals surface area contributed by atoms with Crippen LogP contribution in [0.15, 0.2) is 170 Å². The molecule has 0 radical (unpaired) electrons. The van der Waals surface area contributed by atoms with E-state index in [1.165, 1.54) is 110 Å². The quantitative estimate of drug-likeness (QED) is 0.162. The van der Waals surface area contributed by atoms with Crippen LogP contribution in [0.1, 0.15) is 49.9 Å². The normalized spacial score (nSPS) is 14.6. The minimum atomic E-state index is -0.137. The zero-order valence-electron chi connectivity index (χ0n) is 31.2. The Labute approximate surface area is 317 Å². The Bertz CT molecular complexity index is 2990. The van der Waals surface area contributed by atoms with Gasteiger partial charge in [0.05, 0.1) is 0 Å². The molecule has 0 aromatic heterocycles. The van der Waals surface area contributed by atoms with Gasteiger partial charge in [-0.3, -0.25) is 0 Å². The number of hydrogen-bond donors (Lipinski definition) is 0. The molecule has 0 unspecified atom stereocenters. The van der Waals surface area contributed by atoms with E-state index in [-0.39, 0.29) is 10.8 Å². The lowest BCUT2D eigenvalue weighted by atomic mass is 9.77. The van der Waals surface area contributed by atoms with Crippen LogP contribution in [0.2, 0.25) is 0 Å². The topological polar surface area (TPSA) is 0 Å². The summed E-state index contributed by atoms with van der Waals surface area (Å²) in [6, 6.07) is 63.8. The molecule has 0 fully saturated rings. The highest BCUT2D eigenvalue weighted by Gasteiger charge is 2.44. The zero-order valence-corrected chi connectivity index (χ0v) is 31.2. The van der Waals surface area contributed by atoms with Gasteiger partial charge in [-0.15, -0.1) is 0 Å². The standard InChI is InChI=1S/C54H40/c1-53(2)46-23-12-11-22-45(46)51-47(53)29-28-44-39-27-26-36(32-48(39)54(3,4)52(44)51)35-16-13-17-37(31-35)49-40-18-7-9-20-42(40)50(43-21-10-8-19-41(43)49)38-25-24-33-14-5-6-15-34(33)30-38/h5-32H,1-4H3. The van der Waals surface area contributed by atoms with Gasteiger partial charge in [-0.25, -0.2) is 0 Å². The predicted molar refractivity (Wildman–Crippen MR) is 230 cm³/mol. The van der Waals surface area contributed by atoms with E-state index in [4.69, 9.17) is 0 Å². The third kappa shape index (κ3) is 4.26. The van der Waals surface area contributed by atoms with Crippen molar-refractivity contribution in [2.24, 2.45) is 0 Å². The van der Waals surface area contributed by atoms with E-state index < -0.39 is 0 Å². The lowest BCUT2D eigenvalue weighted by molar-refractivity contribution is 0.647. The van der Waals surface area contributed by atoms with Crippen molar-refractivity contribution in [3.63, 3.8) is 0 Å². The summed E-state index contributed by atoms with van der Waals surface area (Å²) in [5, 5.41) is 7.64. The van der Waals surface area contributed by atoms with Crippen molar-refractivity contribution < 1.29 is 0 Å². The van der Waals surface area contributed by atoms with Crippen LogP contribution in [0, 0.1) is 0 Å². The fourth-order valence-corrected chi connectivity index (χ4v) is 10.2. The predicted octanol–water partition coefficient (Wildman–Crippen LogP) is 14.8. The van der Waals surface area contributed by atoms with Gasteiger partial charge in [0.2, 0.25) is 0 Å². The first-order valence-electron chi connectivity index (χ1n) is 19.3. The Morgan fingerprint density at radius 1 is 0.296 bits per heavy atom. The van der Waals surface area contributed by atoms with Gasteiger partial charge in [0.15, 0.2) is 0 Å². The van der Waals surface area contributed by atoms with E-state index in [0.29, 0.717) is 0 Å². The van der Waals surface area contributed by atoms with E-state index in [1.807, 2.05) is 0 Å². The second-order valence-corrected chi connectivity index (χ2v) is 16.5. The van der Waals surface area contributed by atoms with Crippen molar-refractivity contribution in [3.8, 4) is 55.6 Å². The van der Waals surface area contributed by atoms with Gasteiger partial charge in [0.25, 0.3) is 0 Å². The second kappa shape index (κ2) is 11.1. The lowest BCUT2D eigenvalue weighted by Crippen LogP contribution is -2.18. The van der Waals surface area contributed by atoms with Gasteiger partial charge in [0.1, 0.15) is 0 Å². The highest BCUT2D eigenvalue weighted by atomic mass is 14.5. The summed E-state index contributed by atoms with van der Waals surface area (Å²) in [4.78, 5) is 0. The molecule has 0 bridgehead atoms. The molecule has 0 heterocycles. The van der Waals surface area contributed by atoms with Crippen molar-refractivity contribution in [1.29, 1.82) is 0 Å². The molecular formula is C54H40. The summed E-state index contributed by atoms with van der Waals surface area (Å²) in [5.41, 5.74) is 18.8. The summed E-state index contributed by atoms with van der Waals surface area (Å²) in [5.74, 6) is 0. The van der Waals surface area contributed by atoms with Crippen LogP contribution in [0.4, 0.5) is 0 Å². The zero-order chi connectivity index (χ0) is 36.3. The van der Waals surface area contributed by atoms with Gasteiger partial charge in [-0.1, -0.05) is 179 Å². The third-order valence-corrected chi connectivity index (χ3v) is 12.8. The molecule has 9 aromatic carbocycles. The molecule has 0 amide bonds. The maximum absolute atomic E-state index is 2.48. The van der Waals surface area contributed by atoms with Gasteiger partial charge >= 0.3 is 0 Å². The minimum Gasteiger partial charge on any atom is -0.0619 e. The van der Waals surface area contributed by atoms with E-state index >= 15 is 0 Å². The number of rotatable bonds is 3. The van der Waals surface area contributed by atoms with E-state index in [9.17, 15) is 0 Å². The molecule has 0 spiro atoms. The fraction of sp³-hybridized carbons (Fsp3) is 0.111.